The molecule has 0 saturated heterocycles. The van der Waals surface area contributed by atoms with Gasteiger partial charge in [-0.2, -0.15) is 0 Å². The third kappa shape index (κ3) is 2.91. The molecule has 0 radical (unpaired) electrons. The van der Waals surface area contributed by atoms with Crippen LogP contribution >= 0.6 is 11.3 Å². The first kappa shape index (κ1) is 14.8. The fourth-order valence-electron chi connectivity index (χ4n) is 2.31. The van der Waals surface area contributed by atoms with Crippen LogP contribution < -0.4 is 10.0 Å². The molecule has 0 amide bonds. The molecule has 21 heavy (non-hydrogen) atoms. The minimum Gasteiger partial charge on any atom is -0.371 e. The Balaban J connectivity index is 1.77. The molecule has 2 aromatic heterocycles. The fourth-order valence-corrected chi connectivity index (χ4v) is 4.38. The van der Waals surface area contributed by atoms with E-state index in [1.165, 1.54) is 24.2 Å². The van der Waals surface area contributed by atoms with Crippen molar-refractivity contribution in [1.82, 2.24) is 19.0 Å². The summed E-state index contributed by atoms with van der Waals surface area (Å²) in [6.45, 7) is 1.11. The van der Waals surface area contributed by atoms with Crippen molar-refractivity contribution in [3.8, 4) is 0 Å². The zero-order chi connectivity index (χ0) is 15.0. The van der Waals surface area contributed by atoms with E-state index in [-0.39, 0.29) is 5.03 Å². The summed E-state index contributed by atoms with van der Waals surface area (Å²) < 4.78 is 29.3. The summed E-state index contributed by atoms with van der Waals surface area (Å²) in [6.07, 6.45) is 4.15. The Bertz CT molecular complexity index is 732. The number of imidazole rings is 1. The van der Waals surface area contributed by atoms with E-state index in [9.17, 15) is 8.42 Å². The number of rotatable bonds is 7. The summed E-state index contributed by atoms with van der Waals surface area (Å²) in [5.74, 6) is 0.380. The van der Waals surface area contributed by atoms with Crippen LogP contribution in [0, 0.1) is 0 Å². The van der Waals surface area contributed by atoms with Gasteiger partial charge in [-0.1, -0.05) is 0 Å². The van der Waals surface area contributed by atoms with Gasteiger partial charge in [-0.25, -0.2) is 18.1 Å². The number of aromatic nitrogens is 2. The van der Waals surface area contributed by atoms with Crippen LogP contribution in [-0.2, 0) is 10.0 Å². The molecule has 0 bridgehead atoms. The molecular weight excluding hydrogens is 310 g/mol. The molecule has 9 heteroatoms. The van der Waals surface area contributed by atoms with Crippen molar-refractivity contribution in [3.05, 3.63) is 11.6 Å². The zero-order valence-electron chi connectivity index (χ0n) is 12.0. The van der Waals surface area contributed by atoms with Gasteiger partial charge in [0.2, 0.25) is 0 Å². The molecular formula is C12H19N5O2S2. The Hall–Kier alpha value is -1.16. The molecule has 2 heterocycles. The summed E-state index contributed by atoms with van der Waals surface area (Å²) in [5.41, 5.74) is 0. The fraction of sp³-hybridized carbons (Fsp3) is 0.583. The first-order chi connectivity index (χ1) is 10.0. The summed E-state index contributed by atoms with van der Waals surface area (Å²) in [7, 11) is 0.112. The van der Waals surface area contributed by atoms with Gasteiger partial charge in [0.15, 0.2) is 15.8 Å². The number of anilines is 1. The molecule has 3 rings (SSSR count). The molecule has 1 aliphatic rings. The number of nitrogens with one attached hydrogen (secondary N) is 2. The van der Waals surface area contributed by atoms with Gasteiger partial charge in [-0.05, 0) is 19.9 Å². The van der Waals surface area contributed by atoms with Crippen LogP contribution in [0.15, 0.2) is 16.6 Å². The average Bonchev–Trinajstić information content (AvgIpc) is 3.08. The van der Waals surface area contributed by atoms with Gasteiger partial charge in [0, 0.05) is 37.8 Å². The minimum absolute atomic E-state index is 0.176. The molecule has 0 atom stereocenters. The van der Waals surface area contributed by atoms with Crippen LogP contribution in [0.3, 0.4) is 0 Å². The van der Waals surface area contributed by atoms with Gasteiger partial charge in [0.1, 0.15) is 0 Å². The molecule has 1 saturated carbocycles. The third-order valence-electron chi connectivity index (χ3n) is 3.64. The monoisotopic (exact) mass is 329 g/mol. The Kier molecular flexibility index (Phi) is 3.91. The maximum atomic E-state index is 12.5. The normalized spacial score (nSPS) is 16.0. The predicted octanol–water partition coefficient (Wildman–Crippen LogP) is 0.810. The Morgan fingerprint density at radius 3 is 2.95 bits per heavy atom. The van der Waals surface area contributed by atoms with Crippen LogP contribution in [0.4, 0.5) is 5.82 Å². The molecule has 116 valence electrons. The zero-order valence-corrected chi connectivity index (χ0v) is 13.7. The predicted molar refractivity (Wildman–Crippen MR) is 83.5 cm³/mol. The molecule has 0 aromatic carbocycles. The molecule has 2 aromatic rings. The molecule has 7 nitrogen and oxygen atoms in total. The lowest BCUT2D eigenvalue weighted by atomic mass is 10.5. The summed E-state index contributed by atoms with van der Waals surface area (Å²) in [5, 5.41) is 4.85. The van der Waals surface area contributed by atoms with E-state index < -0.39 is 10.0 Å². The number of nitrogens with zero attached hydrogens (tertiary/aromatic N) is 3. The van der Waals surface area contributed by atoms with E-state index in [2.05, 4.69) is 19.9 Å². The smallest absolute Gasteiger partial charge is 0.260 e. The molecule has 0 aliphatic heterocycles. The van der Waals surface area contributed by atoms with Gasteiger partial charge in [-0.3, -0.25) is 4.40 Å². The van der Waals surface area contributed by atoms with Gasteiger partial charge in [-0.15, -0.1) is 11.3 Å². The van der Waals surface area contributed by atoms with Crippen molar-refractivity contribution in [3.63, 3.8) is 0 Å². The lowest BCUT2D eigenvalue weighted by Gasteiger charge is -2.15. The third-order valence-corrected chi connectivity index (χ3v) is 5.88. The molecule has 1 aliphatic carbocycles. The van der Waals surface area contributed by atoms with Crippen LogP contribution in [0.1, 0.15) is 12.8 Å². The number of thiazole rings is 1. The highest BCUT2D eigenvalue weighted by Crippen LogP contribution is 2.26. The van der Waals surface area contributed by atoms with E-state index in [4.69, 9.17) is 0 Å². The maximum absolute atomic E-state index is 12.5. The SMILES string of the molecule is CNc1nc2sccn2c1S(=O)(=O)NCCN(C)C1CC1. The van der Waals surface area contributed by atoms with Crippen molar-refractivity contribution in [2.45, 2.75) is 23.9 Å². The largest absolute Gasteiger partial charge is 0.371 e. The average molecular weight is 329 g/mol. The standard InChI is InChI=1S/C12H19N5O2S2/c1-13-10-11(17-7-8-20-12(17)15-10)21(18,19)14-5-6-16(2)9-3-4-9/h7-9,13-14H,3-6H2,1-2H3. The molecule has 2 N–H and O–H groups in total. The van der Waals surface area contributed by atoms with E-state index in [0.29, 0.717) is 29.9 Å². The van der Waals surface area contributed by atoms with E-state index >= 15 is 0 Å². The Morgan fingerprint density at radius 2 is 2.29 bits per heavy atom. The van der Waals surface area contributed by atoms with Gasteiger partial charge in [0.05, 0.1) is 0 Å². The highest BCUT2D eigenvalue weighted by molar-refractivity contribution is 7.89. The van der Waals surface area contributed by atoms with Crippen molar-refractivity contribution < 1.29 is 8.42 Å². The minimum atomic E-state index is -3.59. The van der Waals surface area contributed by atoms with Crippen molar-refractivity contribution in [2.75, 3.05) is 32.5 Å². The molecule has 1 fully saturated rings. The second-order valence-corrected chi connectivity index (χ2v) is 7.74. The lowest BCUT2D eigenvalue weighted by molar-refractivity contribution is 0.329. The topological polar surface area (TPSA) is 78.7 Å². The number of sulfonamides is 1. The van der Waals surface area contributed by atoms with Crippen LogP contribution in [0.5, 0.6) is 0 Å². The van der Waals surface area contributed by atoms with Crippen molar-refractivity contribution in [1.29, 1.82) is 0 Å². The number of hydrogen-bond donors (Lipinski definition) is 2. The van der Waals surface area contributed by atoms with Crippen LogP contribution in [0.2, 0.25) is 0 Å². The highest BCUT2D eigenvalue weighted by atomic mass is 32.2. The maximum Gasteiger partial charge on any atom is 0.260 e. The van der Waals surface area contributed by atoms with Crippen LogP contribution in [-0.4, -0.2) is 55.9 Å². The first-order valence-corrected chi connectivity index (χ1v) is 9.22. The van der Waals surface area contributed by atoms with Crippen molar-refractivity contribution >= 4 is 32.1 Å². The second-order valence-electron chi connectivity index (χ2n) is 5.18. The Labute approximate surface area is 128 Å². The first-order valence-electron chi connectivity index (χ1n) is 6.86. The van der Waals surface area contributed by atoms with Crippen LogP contribution in [0.25, 0.3) is 4.96 Å². The van der Waals surface area contributed by atoms with Gasteiger partial charge < -0.3 is 10.2 Å². The van der Waals surface area contributed by atoms with E-state index in [1.807, 2.05) is 12.4 Å². The summed E-state index contributed by atoms with van der Waals surface area (Å²) in [4.78, 5) is 7.13. The highest BCUT2D eigenvalue weighted by Gasteiger charge is 2.27. The van der Waals surface area contributed by atoms with E-state index in [0.717, 1.165) is 0 Å². The number of likely N-dealkylation sites (N-methyl/N-ethyl adjacent to an activating group) is 1. The Morgan fingerprint density at radius 1 is 1.52 bits per heavy atom. The van der Waals surface area contributed by atoms with Crippen molar-refractivity contribution in [2.24, 2.45) is 0 Å². The second kappa shape index (κ2) is 5.56. The van der Waals surface area contributed by atoms with Gasteiger partial charge in [0.25, 0.3) is 10.0 Å². The number of hydrogen-bond acceptors (Lipinski definition) is 6. The lowest BCUT2D eigenvalue weighted by Crippen LogP contribution is -2.34. The summed E-state index contributed by atoms with van der Waals surface area (Å²) >= 11 is 1.41. The molecule has 0 spiro atoms. The van der Waals surface area contributed by atoms with E-state index in [1.54, 1.807) is 17.6 Å². The quantitative estimate of drug-likeness (QED) is 0.786. The molecule has 0 unspecified atom stereocenters. The summed E-state index contributed by atoms with van der Waals surface area (Å²) in [6, 6.07) is 0.626. The number of fused-ring (bicyclic) bond motifs is 1. The van der Waals surface area contributed by atoms with Gasteiger partial charge >= 0.3 is 0 Å².